The molecule has 0 N–H and O–H groups in total. The summed E-state index contributed by atoms with van der Waals surface area (Å²) in [7, 11) is 0. The van der Waals surface area contributed by atoms with Crippen molar-refractivity contribution < 1.29 is 9.53 Å². The highest BCUT2D eigenvalue weighted by Gasteiger charge is 2.57. The molecular weight excluding hydrogens is 200 g/mol. The molecule has 4 fully saturated rings. The molecule has 0 spiro atoms. The van der Waals surface area contributed by atoms with E-state index in [2.05, 4.69) is 13.5 Å². The van der Waals surface area contributed by atoms with Gasteiger partial charge in [0.05, 0.1) is 0 Å². The number of carbonyl (C=O) groups excluding carboxylic acids is 1. The minimum absolute atomic E-state index is 0.135. The SMILES string of the molecule is C=CC(=O)OC12CC3CC(CC(C)(C3)C1)C2. The van der Waals surface area contributed by atoms with Crippen LogP contribution in [-0.4, -0.2) is 11.6 Å². The van der Waals surface area contributed by atoms with E-state index >= 15 is 0 Å². The Morgan fingerprint density at radius 1 is 1.31 bits per heavy atom. The van der Waals surface area contributed by atoms with Crippen LogP contribution < -0.4 is 0 Å². The zero-order valence-electron chi connectivity index (χ0n) is 10.00. The normalized spacial score (nSPS) is 49.1. The Labute approximate surface area is 97.1 Å². The largest absolute Gasteiger partial charge is 0.456 e. The van der Waals surface area contributed by atoms with Crippen molar-refractivity contribution in [2.75, 3.05) is 0 Å². The highest BCUT2D eigenvalue weighted by molar-refractivity contribution is 5.81. The molecule has 0 saturated heterocycles. The van der Waals surface area contributed by atoms with Crippen LogP contribution in [0.25, 0.3) is 0 Å². The molecule has 4 saturated carbocycles. The molecule has 4 bridgehead atoms. The molecule has 0 amide bonds. The minimum atomic E-state index is -0.231. The van der Waals surface area contributed by atoms with E-state index in [9.17, 15) is 4.79 Å². The highest BCUT2D eigenvalue weighted by atomic mass is 16.6. The van der Waals surface area contributed by atoms with Crippen LogP contribution in [0.15, 0.2) is 12.7 Å². The van der Waals surface area contributed by atoms with Gasteiger partial charge in [-0.25, -0.2) is 4.79 Å². The molecule has 0 aromatic carbocycles. The molecule has 0 radical (unpaired) electrons. The molecule has 0 aromatic heterocycles. The number of ether oxygens (including phenoxy) is 1. The Balaban J connectivity index is 1.86. The summed E-state index contributed by atoms with van der Waals surface area (Å²) < 4.78 is 5.71. The molecule has 2 nitrogen and oxygen atoms in total. The molecule has 4 rings (SSSR count). The molecule has 4 aliphatic carbocycles. The first-order chi connectivity index (χ1) is 7.53. The first-order valence-corrected chi connectivity index (χ1v) is 6.38. The van der Waals surface area contributed by atoms with E-state index in [0.717, 1.165) is 31.1 Å². The van der Waals surface area contributed by atoms with Crippen molar-refractivity contribution in [1.82, 2.24) is 0 Å². The van der Waals surface area contributed by atoms with E-state index < -0.39 is 0 Å². The van der Waals surface area contributed by atoms with Gasteiger partial charge >= 0.3 is 5.97 Å². The summed E-state index contributed by atoms with van der Waals surface area (Å²) >= 11 is 0. The number of hydrogen-bond donors (Lipinski definition) is 0. The van der Waals surface area contributed by atoms with Gasteiger partial charge in [0.25, 0.3) is 0 Å². The first-order valence-electron chi connectivity index (χ1n) is 6.38. The Morgan fingerprint density at radius 3 is 2.44 bits per heavy atom. The minimum Gasteiger partial charge on any atom is -0.456 e. The van der Waals surface area contributed by atoms with E-state index in [1.54, 1.807) is 0 Å². The van der Waals surface area contributed by atoms with E-state index in [-0.39, 0.29) is 11.6 Å². The van der Waals surface area contributed by atoms with Crippen LogP contribution in [0, 0.1) is 17.3 Å². The predicted octanol–water partition coefficient (Wildman–Crippen LogP) is 3.07. The summed E-state index contributed by atoms with van der Waals surface area (Å²) in [6, 6.07) is 0. The van der Waals surface area contributed by atoms with Gasteiger partial charge in [0, 0.05) is 6.08 Å². The number of hydrogen-bond acceptors (Lipinski definition) is 2. The Kier molecular flexibility index (Phi) is 2.02. The Hall–Kier alpha value is -0.790. The second-order valence-corrected chi connectivity index (χ2v) is 6.58. The van der Waals surface area contributed by atoms with Crippen molar-refractivity contribution >= 4 is 5.97 Å². The maximum atomic E-state index is 11.5. The third-order valence-corrected chi connectivity index (χ3v) is 4.78. The van der Waals surface area contributed by atoms with Gasteiger partial charge in [0.1, 0.15) is 5.60 Å². The summed E-state index contributed by atoms with van der Waals surface area (Å²) in [6.45, 7) is 5.88. The first kappa shape index (κ1) is 10.4. The molecule has 2 atom stereocenters. The zero-order chi connectivity index (χ0) is 11.4. The Bertz CT molecular complexity index is 331. The Morgan fingerprint density at radius 2 is 1.94 bits per heavy atom. The second kappa shape index (κ2) is 3.12. The van der Waals surface area contributed by atoms with Gasteiger partial charge < -0.3 is 4.74 Å². The lowest BCUT2D eigenvalue weighted by Gasteiger charge is -2.60. The standard InChI is InChI=1S/C14H20O2/c1-3-12(15)16-14-7-10-4-11(8-14)6-13(2,5-10)9-14/h3,10-11H,1,4-9H2,2H3. The molecule has 2 unspecified atom stereocenters. The summed E-state index contributed by atoms with van der Waals surface area (Å²) in [6.07, 6.45) is 8.63. The van der Waals surface area contributed by atoms with Crippen LogP contribution in [0.1, 0.15) is 45.4 Å². The fourth-order valence-corrected chi connectivity index (χ4v) is 5.00. The van der Waals surface area contributed by atoms with Crippen molar-refractivity contribution in [1.29, 1.82) is 0 Å². The van der Waals surface area contributed by atoms with Gasteiger partial charge in [-0.3, -0.25) is 0 Å². The second-order valence-electron chi connectivity index (χ2n) is 6.58. The number of esters is 1. The average Bonchev–Trinajstić information content (AvgIpc) is 2.12. The molecule has 2 heteroatoms. The van der Waals surface area contributed by atoms with Crippen molar-refractivity contribution in [2.45, 2.75) is 51.0 Å². The predicted molar refractivity (Wildman–Crippen MR) is 61.8 cm³/mol. The summed E-state index contributed by atoms with van der Waals surface area (Å²) in [4.78, 5) is 11.5. The lowest BCUT2D eigenvalue weighted by molar-refractivity contribution is -0.194. The van der Waals surface area contributed by atoms with Gasteiger partial charge in [-0.1, -0.05) is 13.5 Å². The third-order valence-electron chi connectivity index (χ3n) is 4.78. The van der Waals surface area contributed by atoms with Gasteiger partial charge in [-0.05, 0) is 55.8 Å². The topological polar surface area (TPSA) is 26.3 Å². The van der Waals surface area contributed by atoms with Crippen LogP contribution in [0.5, 0.6) is 0 Å². The highest BCUT2D eigenvalue weighted by Crippen LogP contribution is 2.62. The summed E-state index contributed by atoms with van der Waals surface area (Å²) in [5.41, 5.74) is 0.301. The van der Waals surface area contributed by atoms with E-state index in [0.29, 0.717) is 5.41 Å². The van der Waals surface area contributed by atoms with Gasteiger partial charge in [-0.15, -0.1) is 0 Å². The summed E-state index contributed by atoms with van der Waals surface area (Å²) in [5, 5.41) is 0. The van der Waals surface area contributed by atoms with Crippen molar-refractivity contribution in [3.8, 4) is 0 Å². The molecule has 0 aromatic rings. The molecule has 88 valence electrons. The van der Waals surface area contributed by atoms with Crippen LogP contribution in [-0.2, 0) is 9.53 Å². The maximum Gasteiger partial charge on any atom is 0.330 e. The fraction of sp³-hybridized carbons (Fsp3) is 0.786. The van der Waals surface area contributed by atoms with Gasteiger partial charge in [0.15, 0.2) is 0 Å². The lowest BCUT2D eigenvalue weighted by Crippen LogP contribution is -2.56. The summed E-state index contributed by atoms with van der Waals surface area (Å²) in [5.74, 6) is 1.36. The van der Waals surface area contributed by atoms with Crippen molar-refractivity contribution in [3.05, 3.63) is 12.7 Å². The average molecular weight is 220 g/mol. The van der Waals surface area contributed by atoms with Crippen molar-refractivity contribution in [3.63, 3.8) is 0 Å². The zero-order valence-corrected chi connectivity index (χ0v) is 10.00. The maximum absolute atomic E-state index is 11.5. The van der Waals surface area contributed by atoms with Gasteiger partial charge in [-0.2, -0.15) is 0 Å². The number of carbonyl (C=O) groups is 1. The van der Waals surface area contributed by atoms with Gasteiger partial charge in [0.2, 0.25) is 0 Å². The van der Waals surface area contributed by atoms with Crippen LogP contribution in [0.4, 0.5) is 0 Å². The van der Waals surface area contributed by atoms with Crippen molar-refractivity contribution in [2.24, 2.45) is 17.3 Å². The van der Waals surface area contributed by atoms with E-state index in [1.165, 1.54) is 25.3 Å². The number of rotatable bonds is 2. The monoisotopic (exact) mass is 220 g/mol. The fourth-order valence-electron chi connectivity index (χ4n) is 5.00. The third kappa shape index (κ3) is 1.50. The van der Waals surface area contributed by atoms with E-state index in [4.69, 9.17) is 4.74 Å². The molecular formula is C14H20O2. The van der Waals surface area contributed by atoms with Crippen LogP contribution in [0.3, 0.4) is 0 Å². The molecule has 16 heavy (non-hydrogen) atoms. The lowest BCUT2D eigenvalue weighted by atomic mass is 9.48. The van der Waals surface area contributed by atoms with Crippen LogP contribution >= 0.6 is 0 Å². The van der Waals surface area contributed by atoms with E-state index in [1.807, 2.05) is 0 Å². The van der Waals surface area contributed by atoms with Crippen LogP contribution in [0.2, 0.25) is 0 Å². The quantitative estimate of drug-likeness (QED) is 0.528. The molecule has 4 aliphatic rings. The molecule has 0 heterocycles. The molecule has 0 aliphatic heterocycles. The smallest absolute Gasteiger partial charge is 0.330 e.